The molecule has 0 atom stereocenters. The summed E-state index contributed by atoms with van der Waals surface area (Å²) in [4.78, 5) is 0. The molecule has 2 rings (SSSR count). The van der Waals surface area contributed by atoms with E-state index in [2.05, 4.69) is 5.10 Å². The summed E-state index contributed by atoms with van der Waals surface area (Å²) in [5.74, 6) is 0.817. The average molecular weight is 256 g/mol. The molecule has 2 aromatic carbocycles. The summed E-state index contributed by atoms with van der Waals surface area (Å²) >= 11 is 0. The number of aryl methyl sites for hydroxylation is 1. The molecule has 0 saturated carbocycles. The monoisotopic (exact) mass is 256 g/mol. The molecule has 4 nitrogen and oxygen atoms in total. The van der Waals surface area contributed by atoms with Crippen LogP contribution in [-0.4, -0.2) is 18.5 Å². The van der Waals surface area contributed by atoms with Crippen molar-refractivity contribution in [2.75, 3.05) is 7.11 Å². The van der Waals surface area contributed by atoms with Crippen LogP contribution in [0.3, 0.4) is 0 Å². The molecule has 0 radical (unpaired) electrons. The number of nitrogens with one attached hydrogen (secondary N) is 1. The quantitative estimate of drug-likeness (QED) is 0.653. The lowest BCUT2D eigenvalue weighted by Crippen LogP contribution is -1.98. The minimum atomic E-state index is 0.817. The lowest BCUT2D eigenvalue weighted by atomic mass is 9.98. The molecule has 0 saturated heterocycles. The van der Waals surface area contributed by atoms with Gasteiger partial charge in [-0.05, 0) is 24.1 Å². The third kappa shape index (κ3) is 2.92. The predicted molar refractivity (Wildman–Crippen MR) is 75.7 cm³/mol. The molecular formula is C15H16N2O2. The maximum absolute atomic E-state index is 8.55. The highest BCUT2D eigenvalue weighted by molar-refractivity contribution is 5.91. The Bertz CT molecular complexity index is 594. The number of hydrogen-bond acceptors (Lipinski definition) is 4. The Morgan fingerprint density at radius 3 is 2.68 bits per heavy atom. The fourth-order valence-electron chi connectivity index (χ4n) is 1.97. The summed E-state index contributed by atoms with van der Waals surface area (Å²) in [7, 11) is 1.66. The van der Waals surface area contributed by atoms with Crippen LogP contribution >= 0.6 is 0 Å². The molecule has 19 heavy (non-hydrogen) atoms. The Kier molecular flexibility index (Phi) is 4.15. The molecule has 2 aromatic rings. The van der Waals surface area contributed by atoms with Crippen LogP contribution in [-0.2, 0) is 0 Å². The van der Waals surface area contributed by atoms with Gasteiger partial charge in [-0.3, -0.25) is 5.21 Å². The van der Waals surface area contributed by atoms with Crippen LogP contribution in [0.25, 0.3) is 11.1 Å². The lowest BCUT2D eigenvalue weighted by Gasteiger charge is -2.11. The van der Waals surface area contributed by atoms with E-state index in [4.69, 9.17) is 9.94 Å². The van der Waals surface area contributed by atoms with Crippen LogP contribution in [0.2, 0.25) is 0 Å². The molecule has 0 spiro atoms. The SMILES string of the molecule is COc1cc(C)ccc1-c1ccccc1C=NNO. The van der Waals surface area contributed by atoms with Gasteiger partial charge in [0, 0.05) is 11.1 Å². The van der Waals surface area contributed by atoms with Gasteiger partial charge < -0.3 is 4.74 Å². The average Bonchev–Trinajstić information content (AvgIpc) is 2.45. The normalized spacial score (nSPS) is 10.7. The number of hydrogen-bond donors (Lipinski definition) is 2. The largest absolute Gasteiger partial charge is 0.496 e. The molecule has 4 heteroatoms. The van der Waals surface area contributed by atoms with E-state index >= 15 is 0 Å². The second-order valence-electron chi connectivity index (χ2n) is 4.15. The van der Waals surface area contributed by atoms with Crippen LogP contribution in [0.4, 0.5) is 0 Å². The van der Waals surface area contributed by atoms with Gasteiger partial charge in [-0.2, -0.15) is 10.7 Å². The Morgan fingerprint density at radius 2 is 1.95 bits per heavy atom. The van der Waals surface area contributed by atoms with E-state index < -0.39 is 0 Å². The van der Waals surface area contributed by atoms with Gasteiger partial charge in [0.1, 0.15) is 5.75 Å². The summed E-state index contributed by atoms with van der Waals surface area (Å²) in [6, 6.07) is 13.8. The highest BCUT2D eigenvalue weighted by Crippen LogP contribution is 2.32. The molecule has 0 fully saturated rings. The first-order valence-electron chi connectivity index (χ1n) is 5.92. The summed E-state index contributed by atoms with van der Waals surface area (Å²) in [5.41, 5.74) is 5.80. The maximum Gasteiger partial charge on any atom is 0.126 e. The van der Waals surface area contributed by atoms with E-state index in [1.807, 2.05) is 49.4 Å². The highest BCUT2D eigenvalue weighted by atomic mass is 16.5. The van der Waals surface area contributed by atoms with Gasteiger partial charge in [-0.25, -0.2) is 0 Å². The van der Waals surface area contributed by atoms with Crippen LogP contribution in [0, 0.1) is 6.92 Å². The van der Waals surface area contributed by atoms with E-state index in [1.165, 1.54) is 0 Å². The predicted octanol–water partition coefficient (Wildman–Crippen LogP) is 2.98. The summed E-state index contributed by atoms with van der Waals surface area (Å²) in [6.45, 7) is 2.02. The van der Waals surface area contributed by atoms with Crippen molar-refractivity contribution in [1.82, 2.24) is 5.59 Å². The van der Waals surface area contributed by atoms with Crippen LogP contribution in [0.5, 0.6) is 5.75 Å². The fourth-order valence-corrected chi connectivity index (χ4v) is 1.97. The number of methoxy groups -OCH3 is 1. The van der Waals surface area contributed by atoms with Crippen LogP contribution in [0.15, 0.2) is 47.6 Å². The van der Waals surface area contributed by atoms with Crippen molar-refractivity contribution in [3.63, 3.8) is 0 Å². The minimum absolute atomic E-state index is 0.817. The fraction of sp³-hybridized carbons (Fsp3) is 0.133. The zero-order valence-electron chi connectivity index (χ0n) is 10.9. The highest BCUT2D eigenvalue weighted by Gasteiger charge is 2.09. The third-order valence-corrected chi connectivity index (χ3v) is 2.87. The molecule has 0 bridgehead atoms. The first-order valence-corrected chi connectivity index (χ1v) is 5.92. The zero-order chi connectivity index (χ0) is 13.7. The summed E-state index contributed by atoms with van der Waals surface area (Å²) in [5, 5.41) is 12.2. The van der Waals surface area contributed by atoms with Gasteiger partial charge in [0.05, 0.1) is 13.3 Å². The van der Waals surface area contributed by atoms with Crippen molar-refractivity contribution in [2.45, 2.75) is 6.92 Å². The molecule has 0 aliphatic heterocycles. The molecule has 0 heterocycles. The third-order valence-electron chi connectivity index (χ3n) is 2.87. The second kappa shape index (κ2) is 6.02. The van der Waals surface area contributed by atoms with Gasteiger partial charge in [0.15, 0.2) is 0 Å². The number of ether oxygens (including phenoxy) is 1. The Morgan fingerprint density at radius 1 is 1.16 bits per heavy atom. The zero-order valence-corrected chi connectivity index (χ0v) is 10.9. The van der Waals surface area contributed by atoms with Crippen LogP contribution < -0.4 is 10.3 Å². The van der Waals surface area contributed by atoms with Gasteiger partial charge in [0.2, 0.25) is 0 Å². The molecule has 98 valence electrons. The number of nitrogens with zero attached hydrogens (tertiary/aromatic N) is 1. The smallest absolute Gasteiger partial charge is 0.126 e. The van der Waals surface area contributed by atoms with E-state index in [-0.39, 0.29) is 0 Å². The molecular weight excluding hydrogens is 240 g/mol. The molecule has 0 aromatic heterocycles. The van der Waals surface area contributed by atoms with Crippen molar-refractivity contribution in [2.24, 2.45) is 5.10 Å². The maximum atomic E-state index is 8.55. The topological polar surface area (TPSA) is 53.8 Å². The van der Waals surface area contributed by atoms with Crippen molar-refractivity contribution in [3.8, 4) is 16.9 Å². The van der Waals surface area contributed by atoms with Crippen LogP contribution in [0.1, 0.15) is 11.1 Å². The van der Waals surface area contributed by atoms with Crippen molar-refractivity contribution in [3.05, 3.63) is 53.6 Å². The second-order valence-corrected chi connectivity index (χ2v) is 4.15. The standard InChI is InChI=1S/C15H16N2O2/c1-11-7-8-14(15(9-11)19-2)13-6-4-3-5-12(13)10-16-17-18/h3-10,17-18H,1-2H3. The van der Waals surface area contributed by atoms with E-state index in [9.17, 15) is 0 Å². The Balaban J connectivity index is 2.55. The molecule has 0 aliphatic carbocycles. The molecule has 0 unspecified atom stereocenters. The van der Waals surface area contributed by atoms with E-state index in [1.54, 1.807) is 18.9 Å². The Hall–Kier alpha value is -2.33. The van der Waals surface area contributed by atoms with E-state index in [0.717, 1.165) is 28.0 Å². The van der Waals surface area contributed by atoms with E-state index in [0.29, 0.717) is 0 Å². The molecule has 0 amide bonds. The Labute approximate surface area is 112 Å². The first-order chi connectivity index (χ1) is 9.26. The minimum Gasteiger partial charge on any atom is -0.496 e. The summed E-state index contributed by atoms with van der Waals surface area (Å²) in [6.07, 6.45) is 1.56. The van der Waals surface area contributed by atoms with Gasteiger partial charge >= 0.3 is 0 Å². The van der Waals surface area contributed by atoms with Gasteiger partial charge in [0.25, 0.3) is 0 Å². The molecule has 0 aliphatic rings. The van der Waals surface area contributed by atoms with Crippen molar-refractivity contribution in [1.29, 1.82) is 0 Å². The first kappa shape index (κ1) is 13.1. The van der Waals surface area contributed by atoms with Gasteiger partial charge in [-0.15, -0.1) is 0 Å². The van der Waals surface area contributed by atoms with Crippen molar-refractivity contribution >= 4 is 6.21 Å². The van der Waals surface area contributed by atoms with Gasteiger partial charge in [-0.1, -0.05) is 36.4 Å². The van der Waals surface area contributed by atoms with Crippen molar-refractivity contribution < 1.29 is 9.94 Å². The summed E-state index contributed by atoms with van der Waals surface area (Å²) < 4.78 is 5.43. The lowest BCUT2D eigenvalue weighted by molar-refractivity contribution is 0.173. The number of rotatable bonds is 4. The molecule has 2 N–H and O–H groups in total. The number of hydrazone groups is 1. The number of benzene rings is 2.